The van der Waals surface area contributed by atoms with Crippen LogP contribution in [0.15, 0.2) is 0 Å². The molecule has 1 saturated heterocycles. The Morgan fingerprint density at radius 3 is 2.50 bits per heavy atom. The molecule has 10 heavy (non-hydrogen) atoms. The summed E-state index contributed by atoms with van der Waals surface area (Å²) in [6.07, 6.45) is 1.71. The number of carbonyl (C=O) groups is 1. The molecule has 4 nitrogen and oxygen atoms in total. The van der Waals surface area contributed by atoms with Crippen LogP contribution in [0, 0.1) is 0 Å². The van der Waals surface area contributed by atoms with E-state index in [1.165, 1.54) is 11.8 Å². The van der Waals surface area contributed by atoms with Crippen molar-refractivity contribution in [2.45, 2.75) is 5.25 Å². The number of rotatable bonds is 1. The molecule has 0 aromatic carbocycles. The molecule has 0 aromatic rings. The molecule has 1 N–H and O–H groups in total. The molecule has 1 rings (SSSR count). The lowest BCUT2D eigenvalue weighted by Crippen LogP contribution is -2.22. The smallest absolute Gasteiger partial charge is 0.247 e. The first-order chi connectivity index (χ1) is 4.55. The first-order valence-electron chi connectivity index (χ1n) is 2.62. The van der Waals surface area contributed by atoms with Gasteiger partial charge in [0, 0.05) is 0 Å². The lowest BCUT2D eigenvalue weighted by Gasteiger charge is -1.95. The molecule has 1 fully saturated rings. The quantitative estimate of drug-likeness (QED) is 0.574. The largest absolute Gasteiger partial charge is 0.273 e. The second-order valence-electron chi connectivity index (χ2n) is 1.97. The van der Waals surface area contributed by atoms with Crippen molar-refractivity contribution >= 4 is 27.7 Å². The summed E-state index contributed by atoms with van der Waals surface area (Å²) < 4.78 is 23.2. The summed E-state index contributed by atoms with van der Waals surface area (Å²) in [5.74, 6) is -0.472. The van der Waals surface area contributed by atoms with Crippen LogP contribution in [0.3, 0.4) is 0 Å². The molecule has 1 unspecified atom stereocenters. The molecule has 0 bridgehead atoms. The van der Waals surface area contributed by atoms with Gasteiger partial charge in [0.15, 0.2) is 0 Å². The number of hydrogen-bond acceptors (Lipinski definition) is 4. The molecule has 1 amide bonds. The summed E-state index contributed by atoms with van der Waals surface area (Å²) in [5.41, 5.74) is 0. The van der Waals surface area contributed by atoms with Gasteiger partial charge in [-0.25, -0.2) is 8.42 Å². The third kappa shape index (κ3) is 1.43. The van der Waals surface area contributed by atoms with Crippen molar-refractivity contribution in [1.82, 2.24) is 4.72 Å². The van der Waals surface area contributed by atoms with Gasteiger partial charge in [0.25, 0.3) is 0 Å². The van der Waals surface area contributed by atoms with Gasteiger partial charge in [-0.3, -0.25) is 9.52 Å². The van der Waals surface area contributed by atoms with Crippen molar-refractivity contribution in [3.05, 3.63) is 0 Å². The Labute approximate surface area is 63.4 Å². The molecule has 0 aromatic heterocycles. The average molecular weight is 181 g/mol. The molecule has 0 saturated carbocycles. The van der Waals surface area contributed by atoms with E-state index >= 15 is 0 Å². The van der Waals surface area contributed by atoms with Gasteiger partial charge in [-0.1, -0.05) is 0 Å². The number of hydrogen-bond donors (Lipinski definition) is 1. The Bertz CT molecular complexity index is 245. The molecule has 0 spiro atoms. The average Bonchev–Trinajstić information content (AvgIpc) is 2.05. The molecular weight excluding hydrogens is 174 g/mol. The summed E-state index contributed by atoms with van der Waals surface area (Å²) in [6, 6.07) is 0. The fourth-order valence-corrected chi connectivity index (χ4v) is 3.22. The van der Waals surface area contributed by atoms with Crippen LogP contribution in [0.1, 0.15) is 0 Å². The number of sulfonamides is 1. The van der Waals surface area contributed by atoms with Crippen molar-refractivity contribution in [3.63, 3.8) is 0 Å². The van der Waals surface area contributed by atoms with Crippen LogP contribution < -0.4 is 4.72 Å². The Morgan fingerprint density at radius 2 is 2.30 bits per heavy atom. The van der Waals surface area contributed by atoms with Crippen LogP contribution in [0.2, 0.25) is 0 Å². The van der Waals surface area contributed by atoms with E-state index in [1.807, 2.05) is 4.72 Å². The number of nitrogens with one attached hydrogen (secondary N) is 1. The van der Waals surface area contributed by atoms with E-state index < -0.39 is 21.2 Å². The predicted molar refractivity (Wildman–Crippen MR) is 39.2 cm³/mol. The van der Waals surface area contributed by atoms with Gasteiger partial charge >= 0.3 is 0 Å². The second-order valence-corrected chi connectivity index (χ2v) is 4.78. The normalized spacial score (nSPS) is 30.1. The summed E-state index contributed by atoms with van der Waals surface area (Å²) in [5, 5.41) is -0.412. The van der Waals surface area contributed by atoms with Crippen LogP contribution in [0.5, 0.6) is 0 Å². The SMILES string of the molecule is CSC1CS(=O)(=O)NC1=O. The maximum absolute atomic E-state index is 10.7. The highest BCUT2D eigenvalue weighted by molar-refractivity contribution is 8.02. The molecule has 1 heterocycles. The lowest BCUT2D eigenvalue weighted by atomic mass is 10.5. The Balaban J connectivity index is 2.80. The van der Waals surface area contributed by atoms with Crippen LogP contribution in [0.4, 0.5) is 0 Å². The van der Waals surface area contributed by atoms with Gasteiger partial charge < -0.3 is 0 Å². The summed E-state index contributed by atoms with van der Waals surface area (Å²) >= 11 is 1.25. The van der Waals surface area contributed by atoms with Crippen LogP contribution >= 0.6 is 11.8 Å². The minimum Gasteiger partial charge on any atom is -0.273 e. The van der Waals surface area contributed by atoms with Gasteiger partial charge in [0.05, 0.1) is 11.0 Å². The summed E-state index contributed by atoms with van der Waals surface area (Å²) in [4.78, 5) is 10.7. The van der Waals surface area contributed by atoms with Crippen molar-refractivity contribution < 1.29 is 13.2 Å². The minimum atomic E-state index is -3.28. The van der Waals surface area contributed by atoms with Gasteiger partial charge in [-0.2, -0.15) is 11.8 Å². The van der Waals surface area contributed by atoms with E-state index in [2.05, 4.69) is 0 Å². The molecule has 6 heteroatoms. The highest BCUT2D eigenvalue weighted by atomic mass is 32.2. The third-order valence-corrected chi connectivity index (χ3v) is 3.65. The number of amides is 1. The zero-order valence-corrected chi connectivity index (χ0v) is 6.96. The molecule has 1 atom stereocenters. The molecule has 1 aliphatic rings. The van der Waals surface area contributed by atoms with Crippen LogP contribution in [-0.2, 0) is 14.8 Å². The van der Waals surface area contributed by atoms with E-state index in [4.69, 9.17) is 0 Å². The molecule has 0 radical (unpaired) electrons. The Hall–Kier alpha value is -0.230. The van der Waals surface area contributed by atoms with Gasteiger partial charge in [-0.15, -0.1) is 0 Å². The first kappa shape index (κ1) is 7.87. The van der Waals surface area contributed by atoms with Gasteiger partial charge in [0.1, 0.15) is 0 Å². The van der Waals surface area contributed by atoms with E-state index in [-0.39, 0.29) is 5.75 Å². The second kappa shape index (κ2) is 2.43. The topological polar surface area (TPSA) is 63.2 Å². The minimum absolute atomic E-state index is 0.0764. The van der Waals surface area contributed by atoms with Crippen molar-refractivity contribution in [1.29, 1.82) is 0 Å². The summed E-state index contributed by atoms with van der Waals surface area (Å²) in [6.45, 7) is 0. The van der Waals surface area contributed by atoms with E-state index in [0.29, 0.717) is 0 Å². The third-order valence-electron chi connectivity index (χ3n) is 1.20. The zero-order chi connectivity index (χ0) is 7.78. The molecular formula is C4H7NO3S2. The Morgan fingerprint density at radius 1 is 1.70 bits per heavy atom. The predicted octanol–water partition coefficient (Wildman–Crippen LogP) is -0.822. The summed E-state index contributed by atoms with van der Waals surface area (Å²) in [7, 11) is -3.28. The molecule has 58 valence electrons. The highest BCUT2D eigenvalue weighted by Gasteiger charge is 2.34. The molecule has 1 aliphatic heterocycles. The fraction of sp³-hybridized carbons (Fsp3) is 0.750. The number of carbonyl (C=O) groups excluding carboxylic acids is 1. The molecule has 0 aliphatic carbocycles. The van der Waals surface area contributed by atoms with Crippen molar-refractivity contribution in [2.24, 2.45) is 0 Å². The van der Waals surface area contributed by atoms with E-state index in [0.717, 1.165) is 0 Å². The van der Waals surface area contributed by atoms with E-state index in [1.54, 1.807) is 6.26 Å². The standard InChI is InChI=1S/C4H7NO3S2/c1-9-3-2-10(7,8)5-4(3)6/h3H,2H2,1H3,(H,5,6). The van der Waals surface area contributed by atoms with Crippen LogP contribution in [-0.4, -0.2) is 31.6 Å². The first-order valence-corrected chi connectivity index (χ1v) is 5.56. The lowest BCUT2D eigenvalue weighted by molar-refractivity contribution is -0.117. The van der Waals surface area contributed by atoms with Gasteiger partial charge in [-0.05, 0) is 6.26 Å². The maximum Gasteiger partial charge on any atom is 0.247 e. The van der Waals surface area contributed by atoms with Crippen LogP contribution in [0.25, 0.3) is 0 Å². The van der Waals surface area contributed by atoms with Crippen molar-refractivity contribution in [2.75, 3.05) is 12.0 Å². The monoisotopic (exact) mass is 181 g/mol. The fourth-order valence-electron chi connectivity index (χ4n) is 0.711. The Kier molecular flexibility index (Phi) is 1.91. The maximum atomic E-state index is 10.7. The zero-order valence-electron chi connectivity index (χ0n) is 5.33. The van der Waals surface area contributed by atoms with Crippen molar-refractivity contribution in [3.8, 4) is 0 Å². The van der Waals surface area contributed by atoms with E-state index in [9.17, 15) is 13.2 Å². The number of thioether (sulfide) groups is 1. The highest BCUT2D eigenvalue weighted by Crippen LogP contribution is 2.14. The van der Waals surface area contributed by atoms with Gasteiger partial charge in [0.2, 0.25) is 15.9 Å².